The zero-order valence-corrected chi connectivity index (χ0v) is 12.7. The highest BCUT2D eigenvalue weighted by molar-refractivity contribution is 7.71. The minimum absolute atomic E-state index is 0.0212. The van der Waals surface area contributed by atoms with Crippen LogP contribution in [0.2, 0.25) is 0 Å². The first-order valence-electron chi connectivity index (χ1n) is 6.90. The molecule has 0 bridgehead atoms. The van der Waals surface area contributed by atoms with Gasteiger partial charge in [-0.2, -0.15) is 0 Å². The standard InChI is InChI=1S/C15H19N3OS/c1-3-4-5-8-13(19)17-18-14-12(7-6-9-16-14)10-11(2)15(18)20/h6-7,9-10H,3-5,8H2,1-2H3,(H,17,19). The van der Waals surface area contributed by atoms with Crippen molar-refractivity contribution in [2.24, 2.45) is 0 Å². The average Bonchev–Trinajstić information content (AvgIpc) is 2.44. The van der Waals surface area contributed by atoms with Gasteiger partial charge in [0.1, 0.15) is 4.64 Å². The van der Waals surface area contributed by atoms with Gasteiger partial charge in [0.2, 0.25) is 5.91 Å². The number of amides is 1. The van der Waals surface area contributed by atoms with E-state index >= 15 is 0 Å². The normalized spacial score (nSPS) is 10.7. The molecule has 0 aliphatic carbocycles. The van der Waals surface area contributed by atoms with E-state index < -0.39 is 0 Å². The number of nitrogens with one attached hydrogen (secondary N) is 1. The van der Waals surface area contributed by atoms with Crippen LogP contribution >= 0.6 is 12.2 Å². The Morgan fingerprint density at radius 2 is 2.25 bits per heavy atom. The van der Waals surface area contributed by atoms with Crippen molar-refractivity contribution in [3.63, 3.8) is 0 Å². The summed E-state index contributed by atoms with van der Waals surface area (Å²) in [6.07, 6.45) is 5.27. The van der Waals surface area contributed by atoms with E-state index in [0.29, 0.717) is 16.7 Å². The van der Waals surface area contributed by atoms with Crippen molar-refractivity contribution < 1.29 is 4.79 Å². The molecule has 0 spiro atoms. The fourth-order valence-electron chi connectivity index (χ4n) is 2.10. The summed E-state index contributed by atoms with van der Waals surface area (Å²) in [7, 11) is 0. The second-order valence-electron chi connectivity index (χ2n) is 4.88. The highest BCUT2D eigenvalue weighted by atomic mass is 32.1. The molecule has 5 heteroatoms. The van der Waals surface area contributed by atoms with Crippen molar-refractivity contribution in [3.8, 4) is 0 Å². The monoisotopic (exact) mass is 289 g/mol. The minimum atomic E-state index is -0.0212. The van der Waals surface area contributed by atoms with Crippen LogP contribution in [0.15, 0.2) is 24.4 Å². The van der Waals surface area contributed by atoms with Crippen LogP contribution in [0, 0.1) is 11.6 Å². The van der Waals surface area contributed by atoms with Crippen LogP contribution < -0.4 is 5.43 Å². The fourth-order valence-corrected chi connectivity index (χ4v) is 2.29. The van der Waals surface area contributed by atoms with Crippen LogP contribution in [0.4, 0.5) is 0 Å². The lowest BCUT2D eigenvalue weighted by Gasteiger charge is -2.13. The number of unbranched alkanes of at least 4 members (excludes halogenated alkanes) is 2. The van der Waals surface area contributed by atoms with E-state index in [1.807, 2.05) is 25.1 Å². The van der Waals surface area contributed by atoms with Crippen molar-refractivity contribution in [1.29, 1.82) is 0 Å². The van der Waals surface area contributed by atoms with Crippen LogP contribution in [0.1, 0.15) is 38.2 Å². The summed E-state index contributed by atoms with van der Waals surface area (Å²) in [4.78, 5) is 16.3. The molecule has 1 amide bonds. The highest BCUT2D eigenvalue weighted by Gasteiger charge is 2.08. The Bertz CT molecular complexity index is 678. The Morgan fingerprint density at radius 1 is 1.45 bits per heavy atom. The van der Waals surface area contributed by atoms with Gasteiger partial charge in [-0.15, -0.1) is 0 Å². The Morgan fingerprint density at radius 3 is 3.00 bits per heavy atom. The number of carbonyl (C=O) groups is 1. The van der Waals surface area contributed by atoms with Crippen LogP contribution in [-0.4, -0.2) is 15.6 Å². The maximum atomic E-state index is 12.0. The molecule has 0 unspecified atom stereocenters. The van der Waals surface area contributed by atoms with E-state index in [9.17, 15) is 4.79 Å². The van der Waals surface area contributed by atoms with Crippen LogP contribution in [-0.2, 0) is 4.79 Å². The average molecular weight is 289 g/mol. The smallest absolute Gasteiger partial charge is 0.238 e. The van der Waals surface area contributed by atoms with Gasteiger partial charge in [-0.25, -0.2) is 9.66 Å². The molecule has 2 rings (SSSR count). The van der Waals surface area contributed by atoms with Gasteiger partial charge in [-0.3, -0.25) is 10.2 Å². The number of hydrogen-bond acceptors (Lipinski definition) is 3. The first-order valence-corrected chi connectivity index (χ1v) is 7.31. The van der Waals surface area contributed by atoms with Gasteiger partial charge >= 0.3 is 0 Å². The highest BCUT2D eigenvalue weighted by Crippen LogP contribution is 2.14. The second kappa shape index (κ2) is 6.61. The quantitative estimate of drug-likeness (QED) is 0.674. The third kappa shape index (κ3) is 3.22. The summed E-state index contributed by atoms with van der Waals surface area (Å²) in [6, 6.07) is 5.83. The lowest BCUT2D eigenvalue weighted by atomic mass is 10.2. The summed E-state index contributed by atoms with van der Waals surface area (Å²) in [5, 5.41) is 0.965. The number of aromatic nitrogens is 2. The van der Waals surface area contributed by atoms with Crippen LogP contribution in [0.25, 0.3) is 11.0 Å². The van der Waals surface area contributed by atoms with Gasteiger partial charge < -0.3 is 0 Å². The van der Waals surface area contributed by atoms with E-state index in [-0.39, 0.29) is 5.91 Å². The fraction of sp³-hybridized carbons (Fsp3) is 0.400. The number of rotatable bonds is 5. The summed E-state index contributed by atoms with van der Waals surface area (Å²) in [5.74, 6) is -0.0212. The maximum absolute atomic E-state index is 12.0. The predicted molar refractivity (Wildman–Crippen MR) is 83.8 cm³/mol. The molecule has 20 heavy (non-hydrogen) atoms. The van der Waals surface area contributed by atoms with Crippen molar-refractivity contribution in [2.45, 2.75) is 39.5 Å². The predicted octanol–water partition coefficient (Wildman–Crippen LogP) is 3.72. The van der Waals surface area contributed by atoms with Gasteiger partial charge in [-0.05, 0) is 37.1 Å². The van der Waals surface area contributed by atoms with Crippen molar-refractivity contribution >= 4 is 29.2 Å². The zero-order valence-electron chi connectivity index (χ0n) is 11.8. The molecule has 0 radical (unpaired) electrons. The topological polar surface area (TPSA) is 46.9 Å². The van der Waals surface area contributed by atoms with Gasteiger partial charge in [-0.1, -0.05) is 32.0 Å². The van der Waals surface area contributed by atoms with Crippen molar-refractivity contribution in [1.82, 2.24) is 9.66 Å². The number of fused-ring (bicyclic) bond motifs is 1. The third-order valence-corrected chi connectivity index (χ3v) is 3.69. The van der Waals surface area contributed by atoms with Crippen LogP contribution in [0.5, 0.6) is 0 Å². The molecule has 0 saturated carbocycles. The van der Waals surface area contributed by atoms with Gasteiger partial charge in [0, 0.05) is 18.0 Å². The number of carbonyl (C=O) groups excluding carboxylic acids is 1. The second-order valence-corrected chi connectivity index (χ2v) is 5.26. The maximum Gasteiger partial charge on any atom is 0.238 e. The number of hydrogen-bond donors (Lipinski definition) is 1. The van der Waals surface area contributed by atoms with E-state index in [1.54, 1.807) is 10.9 Å². The third-order valence-electron chi connectivity index (χ3n) is 3.19. The molecule has 4 nitrogen and oxygen atoms in total. The summed E-state index contributed by atoms with van der Waals surface area (Å²) in [5.41, 5.74) is 4.50. The Balaban J connectivity index is 2.31. The molecule has 1 N–H and O–H groups in total. The first kappa shape index (κ1) is 14.7. The molecular formula is C15H19N3OS. The van der Waals surface area contributed by atoms with Gasteiger partial charge in [0.05, 0.1) is 0 Å². The number of aryl methyl sites for hydroxylation is 1. The molecule has 0 aliphatic heterocycles. The number of pyridine rings is 2. The molecule has 0 atom stereocenters. The molecule has 2 aromatic rings. The Labute approximate surface area is 123 Å². The first-order chi connectivity index (χ1) is 9.63. The molecule has 2 heterocycles. The molecular weight excluding hydrogens is 270 g/mol. The van der Waals surface area contributed by atoms with Gasteiger partial charge in [0.25, 0.3) is 0 Å². The molecule has 0 fully saturated rings. The molecule has 0 saturated heterocycles. The summed E-state index contributed by atoms with van der Waals surface area (Å²) >= 11 is 5.38. The van der Waals surface area contributed by atoms with E-state index in [4.69, 9.17) is 12.2 Å². The Hall–Kier alpha value is -1.75. The molecule has 106 valence electrons. The van der Waals surface area contributed by atoms with E-state index in [0.717, 1.165) is 30.2 Å². The SMILES string of the molecule is CCCCCC(=O)Nn1c(=S)c(C)cc2cccnc21. The van der Waals surface area contributed by atoms with Crippen molar-refractivity contribution in [3.05, 3.63) is 34.6 Å². The molecule has 0 aliphatic rings. The van der Waals surface area contributed by atoms with Crippen molar-refractivity contribution in [2.75, 3.05) is 5.43 Å². The largest absolute Gasteiger partial charge is 0.273 e. The van der Waals surface area contributed by atoms with Gasteiger partial charge in [0.15, 0.2) is 5.65 Å². The molecule has 2 aromatic heterocycles. The van der Waals surface area contributed by atoms with E-state index in [2.05, 4.69) is 17.3 Å². The van der Waals surface area contributed by atoms with E-state index in [1.165, 1.54) is 0 Å². The summed E-state index contributed by atoms with van der Waals surface area (Å²) in [6.45, 7) is 4.06. The lowest BCUT2D eigenvalue weighted by molar-refractivity contribution is -0.117. The minimum Gasteiger partial charge on any atom is -0.273 e. The molecule has 0 aromatic carbocycles. The lowest BCUT2D eigenvalue weighted by Crippen LogP contribution is -2.24. The number of nitrogens with zero attached hydrogens (tertiary/aromatic N) is 2. The Kier molecular flexibility index (Phi) is 4.84. The summed E-state index contributed by atoms with van der Waals surface area (Å²) < 4.78 is 2.22. The van der Waals surface area contributed by atoms with Crippen LogP contribution in [0.3, 0.4) is 0 Å². The zero-order chi connectivity index (χ0) is 14.5.